The molecule has 0 bridgehead atoms. The Labute approximate surface area is 131 Å². The van der Waals surface area contributed by atoms with Gasteiger partial charge in [0.2, 0.25) is 0 Å². The van der Waals surface area contributed by atoms with E-state index >= 15 is 0 Å². The summed E-state index contributed by atoms with van der Waals surface area (Å²) in [6.45, 7) is 3.18. The molecule has 1 spiro atoms. The van der Waals surface area contributed by atoms with E-state index in [0.29, 0.717) is 38.9 Å². The number of aryl methyl sites for hydroxylation is 1. The van der Waals surface area contributed by atoms with Crippen LogP contribution < -0.4 is 0 Å². The molecule has 4 heteroatoms. The molecule has 1 aromatic rings. The van der Waals surface area contributed by atoms with Gasteiger partial charge in [0.05, 0.1) is 13.2 Å². The molecule has 1 aliphatic carbocycles. The molecule has 1 aliphatic heterocycles. The monoisotopic (exact) mass is 302 g/mol. The van der Waals surface area contributed by atoms with Crippen LogP contribution in [0, 0.1) is 18.8 Å². The Morgan fingerprint density at radius 3 is 2.36 bits per heavy atom. The van der Waals surface area contributed by atoms with Crippen molar-refractivity contribution < 1.29 is 19.7 Å². The highest BCUT2D eigenvalue weighted by Crippen LogP contribution is 2.40. The number of benzene rings is 1. The van der Waals surface area contributed by atoms with Gasteiger partial charge in [-0.15, -0.1) is 0 Å². The fourth-order valence-corrected chi connectivity index (χ4v) is 3.13. The average Bonchev–Trinajstić information content (AvgIpc) is 2.98. The Morgan fingerprint density at radius 2 is 1.73 bits per heavy atom. The van der Waals surface area contributed by atoms with Gasteiger partial charge in [-0.2, -0.15) is 0 Å². The Balaban J connectivity index is 1.67. The Hall–Kier alpha value is -1.38. The summed E-state index contributed by atoms with van der Waals surface area (Å²) in [5.74, 6) is 5.17. The summed E-state index contributed by atoms with van der Waals surface area (Å²) >= 11 is 0. The van der Waals surface area contributed by atoms with Gasteiger partial charge in [-0.1, -0.05) is 36.1 Å². The third kappa shape index (κ3) is 3.18. The molecule has 2 aliphatic rings. The highest BCUT2D eigenvalue weighted by atomic mass is 16.7. The molecule has 1 aromatic carbocycles. The fourth-order valence-electron chi connectivity index (χ4n) is 3.13. The highest BCUT2D eigenvalue weighted by Gasteiger charge is 2.44. The molecule has 118 valence electrons. The zero-order valence-corrected chi connectivity index (χ0v) is 12.8. The molecule has 0 amide bonds. The van der Waals surface area contributed by atoms with Crippen LogP contribution in [0.1, 0.15) is 42.9 Å². The van der Waals surface area contributed by atoms with Gasteiger partial charge in [0, 0.05) is 12.8 Å². The van der Waals surface area contributed by atoms with E-state index in [1.165, 1.54) is 0 Å². The third-order valence-corrected chi connectivity index (χ3v) is 4.58. The predicted octanol–water partition coefficient (Wildman–Crippen LogP) is 2.08. The van der Waals surface area contributed by atoms with Gasteiger partial charge < -0.3 is 19.7 Å². The van der Waals surface area contributed by atoms with Crippen molar-refractivity contribution in [3.05, 3.63) is 35.4 Å². The Kier molecular flexibility index (Phi) is 4.24. The van der Waals surface area contributed by atoms with Crippen LogP contribution in [0.25, 0.3) is 0 Å². The summed E-state index contributed by atoms with van der Waals surface area (Å²) in [7, 11) is 0. The minimum absolute atomic E-state index is 0.500. The van der Waals surface area contributed by atoms with E-state index in [9.17, 15) is 10.2 Å². The molecule has 0 aromatic heterocycles. The minimum Gasteiger partial charge on any atom is -0.378 e. The topological polar surface area (TPSA) is 58.9 Å². The Morgan fingerprint density at radius 1 is 1.09 bits per heavy atom. The van der Waals surface area contributed by atoms with Gasteiger partial charge in [0.15, 0.2) is 5.79 Å². The molecule has 1 heterocycles. The van der Waals surface area contributed by atoms with Gasteiger partial charge >= 0.3 is 0 Å². The van der Waals surface area contributed by atoms with Crippen LogP contribution in [0.5, 0.6) is 0 Å². The number of hydrogen-bond acceptors (Lipinski definition) is 4. The van der Waals surface area contributed by atoms with Crippen LogP contribution in [0.2, 0.25) is 0 Å². The smallest absolute Gasteiger partial charge is 0.168 e. The summed E-state index contributed by atoms with van der Waals surface area (Å²) in [4.78, 5) is 0. The molecule has 3 rings (SSSR count). The average molecular weight is 302 g/mol. The molecule has 0 radical (unpaired) electrons. The first-order valence-corrected chi connectivity index (χ1v) is 7.79. The largest absolute Gasteiger partial charge is 0.378 e. The lowest BCUT2D eigenvalue weighted by molar-refractivity contribution is -0.195. The number of hydrogen-bond donors (Lipinski definition) is 2. The van der Waals surface area contributed by atoms with Crippen molar-refractivity contribution in [3.8, 4) is 11.8 Å². The maximum atomic E-state index is 10.6. The van der Waals surface area contributed by atoms with Gasteiger partial charge in [-0.05, 0) is 30.9 Å². The van der Waals surface area contributed by atoms with Crippen molar-refractivity contribution in [1.82, 2.24) is 0 Å². The summed E-state index contributed by atoms with van der Waals surface area (Å²) < 4.78 is 11.3. The van der Waals surface area contributed by atoms with Crippen molar-refractivity contribution in [2.45, 2.75) is 50.1 Å². The summed E-state index contributed by atoms with van der Waals surface area (Å²) in [5, 5.41) is 20.8. The van der Waals surface area contributed by atoms with Gasteiger partial charge in [0.1, 0.15) is 11.7 Å². The lowest BCUT2D eigenvalue weighted by Gasteiger charge is -2.37. The second-order valence-electron chi connectivity index (χ2n) is 6.17. The third-order valence-electron chi connectivity index (χ3n) is 4.58. The fraction of sp³-hybridized carbons (Fsp3) is 0.556. The second-order valence-corrected chi connectivity index (χ2v) is 6.17. The van der Waals surface area contributed by atoms with Gasteiger partial charge in [-0.25, -0.2) is 0 Å². The number of aliphatic hydroxyl groups is 2. The molecule has 1 saturated heterocycles. The lowest BCUT2D eigenvalue weighted by Crippen LogP contribution is -2.42. The van der Waals surface area contributed by atoms with Crippen molar-refractivity contribution >= 4 is 0 Å². The SMILES string of the molecule is Cc1ccccc1C(O)C#CC1(O)CCC2(CC1)OCCO2. The van der Waals surface area contributed by atoms with E-state index in [2.05, 4.69) is 11.8 Å². The maximum absolute atomic E-state index is 10.6. The zero-order chi connectivity index (χ0) is 15.6. The summed E-state index contributed by atoms with van der Waals surface area (Å²) in [5.41, 5.74) is 0.713. The second kappa shape index (κ2) is 6.02. The highest BCUT2D eigenvalue weighted by molar-refractivity contribution is 5.33. The number of aliphatic hydroxyl groups excluding tert-OH is 1. The molecular weight excluding hydrogens is 280 g/mol. The lowest BCUT2D eigenvalue weighted by atomic mass is 9.81. The van der Waals surface area contributed by atoms with Crippen LogP contribution in [-0.4, -0.2) is 34.8 Å². The predicted molar refractivity (Wildman–Crippen MR) is 82.0 cm³/mol. The van der Waals surface area contributed by atoms with E-state index in [1.807, 2.05) is 31.2 Å². The molecule has 2 N–H and O–H groups in total. The standard InChI is InChI=1S/C18H22O4/c1-14-4-2-3-5-15(14)16(19)6-7-17(20)8-10-18(11-9-17)21-12-13-22-18/h2-5,16,19-20H,8-13H2,1H3. The van der Waals surface area contributed by atoms with E-state index < -0.39 is 17.5 Å². The molecule has 22 heavy (non-hydrogen) atoms. The molecule has 4 nitrogen and oxygen atoms in total. The minimum atomic E-state index is -1.07. The van der Waals surface area contributed by atoms with Crippen LogP contribution >= 0.6 is 0 Å². The van der Waals surface area contributed by atoms with Crippen LogP contribution in [0.4, 0.5) is 0 Å². The maximum Gasteiger partial charge on any atom is 0.168 e. The van der Waals surface area contributed by atoms with Crippen LogP contribution in [0.15, 0.2) is 24.3 Å². The quantitative estimate of drug-likeness (QED) is 0.780. The zero-order valence-electron chi connectivity index (χ0n) is 12.8. The molecule has 1 atom stereocenters. The van der Waals surface area contributed by atoms with E-state index in [-0.39, 0.29) is 0 Å². The van der Waals surface area contributed by atoms with E-state index in [4.69, 9.17) is 9.47 Å². The van der Waals surface area contributed by atoms with E-state index in [1.54, 1.807) is 0 Å². The van der Waals surface area contributed by atoms with Crippen molar-refractivity contribution in [1.29, 1.82) is 0 Å². The summed E-state index contributed by atoms with van der Waals surface area (Å²) in [6, 6.07) is 7.60. The van der Waals surface area contributed by atoms with Crippen molar-refractivity contribution in [2.75, 3.05) is 13.2 Å². The van der Waals surface area contributed by atoms with Crippen LogP contribution in [-0.2, 0) is 9.47 Å². The number of rotatable bonds is 1. The first-order chi connectivity index (χ1) is 10.5. The molecule has 2 fully saturated rings. The molecular formula is C18H22O4. The van der Waals surface area contributed by atoms with Gasteiger partial charge in [-0.3, -0.25) is 0 Å². The molecule has 1 saturated carbocycles. The van der Waals surface area contributed by atoms with Crippen molar-refractivity contribution in [2.24, 2.45) is 0 Å². The first kappa shape index (κ1) is 15.5. The van der Waals surface area contributed by atoms with Crippen LogP contribution in [0.3, 0.4) is 0 Å². The van der Waals surface area contributed by atoms with Gasteiger partial charge in [0.25, 0.3) is 0 Å². The van der Waals surface area contributed by atoms with E-state index in [0.717, 1.165) is 11.1 Å². The van der Waals surface area contributed by atoms with Crippen molar-refractivity contribution in [3.63, 3.8) is 0 Å². The number of ether oxygens (including phenoxy) is 2. The Bertz CT molecular complexity index is 583. The molecule has 1 unspecified atom stereocenters. The summed E-state index contributed by atoms with van der Waals surface area (Å²) in [6.07, 6.45) is 1.40. The first-order valence-electron chi connectivity index (χ1n) is 7.79. The normalized spacial score (nSPS) is 23.8.